The maximum atomic E-state index is 5.97. The van der Waals surface area contributed by atoms with Crippen LogP contribution in [-0.4, -0.2) is 32.3 Å². The van der Waals surface area contributed by atoms with E-state index in [1.807, 2.05) is 6.92 Å². The van der Waals surface area contributed by atoms with Crippen molar-refractivity contribution < 1.29 is 4.74 Å². The highest BCUT2D eigenvalue weighted by Crippen LogP contribution is 2.44. The predicted molar refractivity (Wildman–Crippen MR) is 111 cm³/mol. The number of nitrogens with zero attached hydrogens (tertiary/aromatic N) is 1. The van der Waals surface area contributed by atoms with Crippen molar-refractivity contribution in [1.29, 1.82) is 0 Å². The van der Waals surface area contributed by atoms with Gasteiger partial charge < -0.3 is 15.8 Å². The molecule has 0 atom stereocenters. The number of hydrogen-bond donors (Lipinski definition) is 2. The van der Waals surface area contributed by atoms with Gasteiger partial charge >= 0.3 is 0 Å². The van der Waals surface area contributed by atoms with E-state index in [4.69, 9.17) is 10.5 Å². The molecule has 1 aliphatic carbocycles. The molecule has 1 aromatic carbocycles. The van der Waals surface area contributed by atoms with Crippen LogP contribution in [0, 0.1) is 0 Å². The van der Waals surface area contributed by atoms with E-state index in [9.17, 15) is 0 Å². The van der Waals surface area contributed by atoms with Crippen molar-refractivity contribution in [2.75, 3.05) is 26.3 Å². The van der Waals surface area contributed by atoms with Crippen molar-refractivity contribution in [2.24, 2.45) is 10.7 Å². The van der Waals surface area contributed by atoms with Crippen LogP contribution in [0.2, 0.25) is 0 Å². The third-order valence-electron chi connectivity index (χ3n) is 4.30. The van der Waals surface area contributed by atoms with Gasteiger partial charge in [0.2, 0.25) is 0 Å². The second-order valence-corrected chi connectivity index (χ2v) is 6.74. The van der Waals surface area contributed by atoms with Gasteiger partial charge in [-0.2, -0.15) is 0 Å². The molecule has 6 heteroatoms. The van der Waals surface area contributed by atoms with Gasteiger partial charge in [0.05, 0.1) is 6.54 Å². The fraction of sp³-hybridized carbons (Fsp3) is 0.588. The summed E-state index contributed by atoms with van der Waals surface area (Å²) in [4.78, 5) is 4.57. The number of nitrogens with two attached hydrogens (primary N) is 1. The molecule has 1 saturated carbocycles. The molecular formula is C17H27BrIN3O. The van der Waals surface area contributed by atoms with E-state index in [1.165, 1.54) is 24.8 Å². The van der Waals surface area contributed by atoms with E-state index in [1.54, 1.807) is 0 Å². The number of hydrogen-bond acceptors (Lipinski definition) is 2. The average Bonchev–Trinajstić information content (AvgIpc) is 2.47. The largest absolute Gasteiger partial charge is 0.382 e. The van der Waals surface area contributed by atoms with Gasteiger partial charge in [0.25, 0.3) is 0 Å². The molecule has 130 valence electrons. The third kappa shape index (κ3) is 6.23. The molecule has 0 aromatic heterocycles. The molecule has 1 aromatic rings. The minimum atomic E-state index is 0. The minimum Gasteiger partial charge on any atom is -0.382 e. The van der Waals surface area contributed by atoms with Crippen molar-refractivity contribution in [2.45, 2.75) is 38.0 Å². The highest BCUT2D eigenvalue weighted by Gasteiger charge is 2.38. The van der Waals surface area contributed by atoms with Crippen LogP contribution in [0.3, 0.4) is 0 Å². The van der Waals surface area contributed by atoms with Crippen LogP contribution in [0.4, 0.5) is 0 Å². The summed E-state index contributed by atoms with van der Waals surface area (Å²) in [7, 11) is 0. The summed E-state index contributed by atoms with van der Waals surface area (Å²) in [5, 5.41) is 3.16. The van der Waals surface area contributed by atoms with Crippen LogP contribution in [0.1, 0.15) is 38.2 Å². The van der Waals surface area contributed by atoms with E-state index in [0.717, 1.165) is 37.2 Å². The lowest BCUT2D eigenvalue weighted by Crippen LogP contribution is -2.40. The van der Waals surface area contributed by atoms with Crippen molar-refractivity contribution in [3.8, 4) is 0 Å². The molecule has 0 heterocycles. The lowest BCUT2D eigenvalue weighted by molar-refractivity contribution is 0.145. The van der Waals surface area contributed by atoms with E-state index >= 15 is 0 Å². The molecule has 0 amide bonds. The van der Waals surface area contributed by atoms with Gasteiger partial charge in [0, 0.05) is 29.6 Å². The Balaban J connectivity index is 0.00000264. The standard InChI is InChI=1S/C17H26BrN3O.HI/c1-2-22-12-4-11-20-16(19)21-13-17(9-3-10-17)14-5-7-15(18)8-6-14;/h5-8H,2-4,9-13H2,1H3,(H3,19,20,21);1H. The summed E-state index contributed by atoms with van der Waals surface area (Å²) < 4.78 is 6.41. The van der Waals surface area contributed by atoms with Crippen molar-refractivity contribution in [3.63, 3.8) is 0 Å². The molecule has 0 unspecified atom stereocenters. The molecule has 1 fully saturated rings. The second kappa shape index (κ2) is 10.5. The molecule has 0 spiro atoms. The molecule has 0 radical (unpaired) electrons. The lowest BCUT2D eigenvalue weighted by Gasteiger charge is -2.41. The number of guanidine groups is 1. The van der Waals surface area contributed by atoms with Crippen LogP contribution >= 0.6 is 39.9 Å². The van der Waals surface area contributed by atoms with E-state index in [-0.39, 0.29) is 29.4 Å². The Morgan fingerprint density at radius 2 is 2.04 bits per heavy atom. The summed E-state index contributed by atoms with van der Waals surface area (Å²) in [5.74, 6) is 0.542. The zero-order valence-electron chi connectivity index (χ0n) is 13.7. The van der Waals surface area contributed by atoms with Crippen LogP contribution in [0.5, 0.6) is 0 Å². The molecule has 1 aliphatic rings. The Morgan fingerprint density at radius 1 is 1.35 bits per heavy atom. The number of rotatable bonds is 8. The number of nitrogens with one attached hydrogen (secondary N) is 1. The average molecular weight is 496 g/mol. The summed E-state index contributed by atoms with van der Waals surface area (Å²) in [5.41, 5.74) is 7.52. The Bertz CT molecular complexity index is 489. The van der Waals surface area contributed by atoms with Crippen LogP contribution in [0.25, 0.3) is 0 Å². The first-order valence-electron chi connectivity index (χ1n) is 8.04. The maximum Gasteiger partial charge on any atom is 0.188 e. The predicted octanol–water partition coefficient (Wildman–Crippen LogP) is 3.82. The molecule has 23 heavy (non-hydrogen) atoms. The lowest BCUT2D eigenvalue weighted by atomic mass is 9.64. The third-order valence-corrected chi connectivity index (χ3v) is 4.82. The molecule has 4 nitrogen and oxygen atoms in total. The quantitative estimate of drug-likeness (QED) is 0.249. The highest BCUT2D eigenvalue weighted by molar-refractivity contribution is 14.0. The van der Waals surface area contributed by atoms with Crippen LogP contribution < -0.4 is 11.1 Å². The molecular weight excluding hydrogens is 469 g/mol. The Labute approximate surface area is 164 Å². The fourth-order valence-corrected chi connectivity index (χ4v) is 3.04. The fourth-order valence-electron chi connectivity index (χ4n) is 2.77. The second-order valence-electron chi connectivity index (χ2n) is 5.82. The number of aliphatic imine (C=N–C) groups is 1. The number of halogens is 2. The van der Waals surface area contributed by atoms with Gasteiger partial charge in [0.15, 0.2) is 5.96 Å². The zero-order valence-corrected chi connectivity index (χ0v) is 17.6. The van der Waals surface area contributed by atoms with Gasteiger partial charge in [-0.1, -0.05) is 34.5 Å². The molecule has 2 rings (SSSR count). The van der Waals surface area contributed by atoms with Gasteiger partial charge in [-0.25, -0.2) is 0 Å². The van der Waals surface area contributed by atoms with Gasteiger partial charge in [-0.05, 0) is 43.9 Å². The summed E-state index contributed by atoms with van der Waals surface area (Å²) in [6, 6.07) is 8.61. The first-order chi connectivity index (χ1) is 10.7. The van der Waals surface area contributed by atoms with Crippen molar-refractivity contribution in [3.05, 3.63) is 34.3 Å². The Hall–Kier alpha value is -0.340. The minimum absolute atomic E-state index is 0. The van der Waals surface area contributed by atoms with Crippen molar-refractivity contribution >= 4 is 45.9 Å². The monoisotopic (exact) mass is 495 g/mol. The normalized spacial score (nSPS) is 16.3. The van der Waals surface area contributed by atoms with Gasteiger partial charge in [-0.15, -0.1) is 24.0 Å². The molecule has 0 aliphatic heterocycles. The van der Waals surface area contributed by atoms with Gasteiger partial charge in [-0.3, -0.25) is 4.99 Å². The van der Waals surface area contributed by atoms with Crippen molar-refractivity contribution in [1.82, 2.24) is 5.32 Å². The van der Waals surface area contributed by atoms with Gasteiger partial charge in [0.1, 0.15) is 0 Å². The topological polar surface area (TPSA) is 59.6 Å². The van der Waals surface area contributed by atoms with E-state index in [0.29, 0.717) is 5.96 Å². The molecule has 0 saturated heterocycles. The zero-order chi connectivity index (χ0) is 15.8. The van der Waals surface area contributed by atoms with Crippen LogP contribution in [0.15, 0.2) is 33.7 Å². The maximum absolute atomic E-state index is 5.97. The number of benzene rings is 1. The first-order valence-corrected chi connectivity index (χ1v) is 8.83. The smallest absolute Gasteiger partial charge is 0.188 e. The first kappa shape index (κ1) is 20.7. The van der Waals surface area contributed by atoms with E-state index < -0.39 is 0 Å². The number of ether oxygens (including phenoxy) is 1. The van der Waals surface area contributed by atoms with Crippen LogP contribution in [-0.2, 0) is 10.2 Å². The SMILES string of the molecule is CCOCCCNC(N)=NCC1(c2ccc(Br)cc2)CCC1.I. The Kier molecular flexibility index (Phi) is 9.46. The summed E-state index contributed by atoms with van der Waals surface area (Å²) in [6.45, 7) is 5.10. The highest BCUT2D eigenvalue weighted by atomic mass is 127. The van der Waals surface area contributed by atoms with E-state index in [2.05, 4.69) is 50.5 Å². The Morgan fingerprint density at radius 3 is 2.61 bits per heavy atom. The summed E-state index contributed by atoms with van der Waals surface area (Å²) in [6.07, 6.45) is 4.60. The molecule has 0 bridgehead atoms. The summed E-state index contributed by atoms with van der Waals surface area (Å²) >= 11 is 3.49. The molecule has 3 N–H and O–H groups in total.